The van der Waals surface area contributed by atoms with Crippen molar-refractivity contribution in [3.05, 3.63) is 71.4 Å². The second-order valence-electron chi connectivity index (χ2n) is 5.75. The number of esters is 1. The Hall–Kier alpha value is -3.48. The number of hydrogen-bond acceptors (Lipinski definition) is 6. The summed E-state index contributed by atoms with van der Waals surface area (Å²) >= 11 is 0. The van der Waals surface area contributed by atoms with E-state index < -0.39 is 12.6 Å². The first-order valence-corrected chi connectivity index (χ1v) is 8.00. The highest BCUT2D eigenvalue weighted by Gasteiger charge is 2.20. The van der Waals surface area contributed by atoms with E-state index in [4.69, 9.17) is 10.5 Å². The van der Waals surface area contributed by atoms with Gasteiger partial charge in [0.15, 0.2) is 18.1 Å². The van der Waals surface area contributed by atoms with Crippen LogP contribution in [0.15, 0.2) is 48.8 Å². The van der Waals surface area contributed by atoms with Crippen LogP contribution < -0.4 is 5.73 Å². The summed E-state index contributed by atoms with van der Waals surface area (Å²) in [5.74, 6) is -1.11. The molecule has 0 radical (unpaired) electrons. The molecule has 0 aliphatic carbocycles. The summed E-state index contributed by atoms with van der Waals surface area (Å²) in [7, 11) is 0. The van der Waals surface area contributed by atoms with Crippen molar-refractivity contribution >= 4 is 17.6 Å². The van der Waals surface area contributed by atoms with Crippen molar-refractivity contribution in [1.82, 2.24) is 14.5 Å². The van der Waals surface area contributed by atoms with Crippen molar-refractivity contribution in [3.63, 3.8) is 0 Å². The van der Waals surface area contributed by atoms with Crippen LogP contribution in [0.2, 0.25) is 0 Å². The standard InChI is InChI=1S/C19H18N4O3/c1-12-10-15(13(2)23(12)14-6-4-3-5-7-14)16(24)11-26-19(25)17-18(20)22-9-8-21-17/h3-10H,11H2,1-2H3,(H2,20,22). The highest BCUT2D eigenvalue weighted by Crippen LogP contribution is 2.21. The molecule has 2 aromatic heterocycles. The lowest BCUT2D eigenvalue weighted by molar-refractivity contribution is 0.0469. The van der Waals surface area contributed by atoms with Gasteiger partial charge in [-0.15, -0.1) is 0 Å². The van der Waals surface area contributed by atoms with Gasteiger partial charge in [-0.3, -0.25) is 4.79 Å². The summed E-state index contributed by atoms with van der Waals surface area (Å²) < 4.78 is 7.04. The molecule has 7 heteroatoms. The molecule has 1 aromatic carbocycles. The monoisotopic (exact) mass is 350 g/mol. The number of carbonyl (C=O) groups excluding carboxylic acids is 2. The molecule has 0 aliphatic rings. The largest absolute Gasteiger partial charge is 0.452 e. The molecule has 0 spiro atoms. The van der Waals surface area contributed by atoms with E-state index in [1.807, 2.05) is 48.7 Å². The number of nitrogens with two attached hydrogens (primary N) is 1. The Morgan fingerprint density at radius 1 is 1.12 bits per heavy atom. The molecule has 7 nitrogen and oxygen atoms in total. The average Bonchev–Trinajstić information content (AvgIpc) is 2.95. The number of nitrogens with zero attached hydrogens (tertiary/aromatic N) is 3. The van der Waals surface area contributed by atoms with E-state index in [1.54, 1.807) is 6.07 Å². The molecule has 0 fully saturated rings. The summed E-state index contributed by atoms with van der Waals surface area (Å²) in [6, 6.07) is 11.5. The molecule has 0 amide bonds. The number of rotatable bonds is 5. The molecule has 0 atom stereocenters. The number of para-hydroxylation sites is 1. The Morgan fingerprint density at radius 3 is 2.50 bits per heavy atom. The molecule has 0 unspecified atom stereocenters. The van der Waals surface area contributed by atoms with E-state index in [9.17, 15) is 9.59 Å². The lowest BCUT2D eigenvalue weighted by Gasteiger charge is -2.09. The highest BCUT2D eigenvalue weighted by atomic mass is 16.5. The number of hydrogen-bond donors (Lipinski definition) is 1. The van der Waals surface area contributed by atoms with E-state index >= 15 is 0 Å². The molecule has 0 saturated heterocycles. The first kappa shape index (κ1) is 17.3. The van der Waals surface area contributed by atoms with Crippen molar-refractivity contribution in [3.8, 4) is 5.69 Å². The van der Waals surface area contributed by atoms with Gasteiger partial charge in [0.1, 0.15) is 0 Å². The maximum atomic E-state index is 12.5. The number of aromatic nitrogens is 3. The summed E-state index contributed by atoms with van der Waals surface area (Å²) in [4.78, 5) is 32.1. The molecular formula is C19H18N4O3. The van der Waals surface area contributed by atoms with Gasteiger partial charge in [-0.25, -0.2) is 14.8 Å². The maximum absolute atomic E-state index is 12.5. The first-order valence-electron chi connectivity index (χ1n) is 8.00. The molecular weight excluding hydrogens is 332 g/mol. The summed E-state index contributed by atoms with van der Waals surface area (Å²) in [5, 5.41) is 0. The number of ether oxygens (including phenoxy) is 1. The minimum absolute atomic E-state index is 0.0350. The molecule has 2 N–H and O–H groups in total. The van der Waals surface area contributed by atoms with E-state index in [1.165, 1.54) is 12.4 Å². The minimum Gasteiger partial charge on any atom is -0.452 e. The van der Waals surface area contributed by atoms with Gasteiger partial charge < -0.3 is 15.0 Å². The normalized spacial score (nSPS) is 10.5. The fourth-order valence-corrected chi connectivity index (χ4v) is 2.80. The van der Waals surface area contributed by atoms with E-state index in [2.05, 4.69) is 9.97 Å². The minimum atomic E-state index is -0.777. The highest BCUT2D eigenvalue weighted by molar-refractivity contribution is 6.01. The Balaban J connectivity index is 1.77. The Labute approximate surface area is 150 Å². The number of benzene rings is 1. The summed E-state index contributed by atoms with van der Waals surface area (Å²) in [6.07, 6.45) is 2.71. The molecule has 0 aliphatic heterocycles. The molecule has 3 rings (SSSR count). The van der Waals surface area contributed by atoms with Gasteiger partial charge in [-0.05, 0) is 32.0 Å². The van der Waals surface area contributed by atoms with Crippen LogP contribution in [0.4, 0.5) is 5.82 Å². The molecule has 26 heavy (non-hydrogen) atoms. The summed E-state index contributed by atoms with van der Waals surface area (Å²) in [5.41, 5.74) is 8.66. The zero-order chi connectivity index (χ0) is 18.7. The van der Waals surface area contributed by atoms with Gasteiger partial charge >= 0.3 is 5.97 Å². The Bertz CT molecular complexity index is 964. The number of carbonyl (C=O) groups is 2. The summed E-state index contributed by atoms with van der Waals surface area (Å²) in [6.45, 7) is 3.38. The van der Waals surface area contributed by atoms with E-state index in [-0.39, 0.29) is 17.3 Å². The Morgan fingerprint density at radius 2 is 1.81 bits per heavy atom. The average molecular weight is 350 g/mol. The second kappa shape index (κ2) is 7.18. The third-order valence-corrected chi connectivity index (χ3v) is 4.00. The fourth-order valence-electron chi connectivity index (χ4n) is 2.80. The van der Waals surface area contributed by atoms with Gasteiger partial charge in [0, 0.05) is 35.0 Å². The van der Waals surface area contributed by atoms with Crippen LogP contribution in [0.25, 0.3) is 5.69 Å². The topological polar surface area (TPSA) is 100 Å². The van der Waals surface area contributed by atoms with E-state index in [0.29, 0.717) is 5.56 Å². The molecule has 3 aromatic rings. The molecule has 2 heterocycles. The van der Waals surface area contributed by atoms with Crippen molar-refractivity contribution in [2.24, 2.45) is 0 Å². The fraction of sp³-hybridized carbons (Fsp3) is 0.158. The van der Waals surface area contributed by atoms with Crippen molar-refractivity contribution in [2.45, 2.75) is 13.8 Å². The number of anilines is 1. The zero-order valence-electron chi connectivity index (χ0n) is 14.5. The molecule has 132 valence electrons. The van der Waals surface area contributed by atoms with Gasteiger partial charge in [0.25, 0.3) is 0 Å². The third-order valence-electron chi connectivity index (χ3n) is 4.00. The van der Waals surface area contributed by atoms with Crippen LogP contribution in [-0.2, 0) is 4.74 Å². The zero-order valence-corrected chi connectivity index (χ0v) is 14.5. The van der Waals surface area contributed by atoms with E-state index in [0.717, 1.165) is 17.1 Å². The van der Waals surface area contributed by atoms with Crippen LogP contribution >= 0.6 is 0 Å². The number of nitrogen functional groups attached to an aromatic ring is 1. The smallest absolute Gasteiger partial charge is 0.361 e. The van der Waals surface area contributed by atoms with Gasteiger partial charge in [-0.2, -0.15) is 0 Å². The van der Waals surface area contributed by atoms with Crippen LogP contribution in [0.1, 0.15) is 32.2 Å². The number of ketones is 1. The predicted molar refractivity (Wildman–Crippen MR) is 96.3 cm³/mol. The van der Waals surface area contributed by atoms with Gasteiger partial charge in [0.05, 0.1) is 0 Å². The third kappa shape index (κ3) is 3.32. The molecule has 0 saturated carbocycles. The Kier molecular flexibility index (Phi) is 4.79. The SMILES string of the molecule is Cc1cc(C(=O)COC(=O)c2nccnc2N)c(C)n1-c1ccccc1. The van der Waals surface area contributed by atoms with Crippen LogP contribution in [-0.4, -0.2) is 32.9 Å². The molecule has 0 bridgehead atoms. The number of aryl methyl sites for hydroxylation is 1. The van der Waals surface area contributed by atoms with Crippen molar-refractivity contribution in [2.75, 3.05) is 12.3 Å². The van der Waals surface area contributed by atoms with Crippen LogP contribution in [0, 0.1) is 13.8 Å². The van der Waals surface area contributed by atoms with Gasteiger partial charge in [-0.1, -0.05) is 18.2 Å². The van der Waals surface area contributed by atoms with Crippen molar-refractivity contribution < 1.29 is 14.3 Å². The van der Waals surface area contributed by atoms with Crippen molar-refractivity contribution in [1.29, 1.82) is 0 Å². The van der Waals surface area contributed by atoms with Gasteiger partial charge in [0.2, 0.25) is 5.78 Å². The maximum Gasteiger partial charge on any atom is 0.361 e. The lowest BCUT2D eigenvalue weighted by Crippen LogP contribution is -2.17. The quantitative estimate of drug-likeness (QED) is 0.560. The second-order valence-corrected chi connectivity index (χ2v) is 5.75. The first-order chi connectivity index (χ1) is 12.5. The predicted octanol–water partition coefficient (Wildman–Crippen LogP) is 2.51. The van der Waals surface area contributed by atoms with Crippen LogP contribution in [0.5, 0.6) is 0 Å². The number of Topliss-reactive ketones (excluding diaryl/α,β-unsaturated/α-hetero) is 1. The van der Waals surface area contributed by atoms with Crippen LogP contribution in [0.3, 0.4) is 0 Å². The lowest BCUT2D eigenvalue weighted by atomic mass is 10.1.